The molecule has 6 heteroatoms. The van der Waals surface area contributed by atoms with Crippen LogP contribution >= 0.6 is 11.6 Å². The molecule has 1 unspecified atom stereocenters. The Hall–Kier alpha value is -1.61. The van der Waals surface area contributed by atoms with Gasteiger partial charge in [0, 0.05) is 18.7 Å². The Balaban J connectivity index is 2.01. The molecular weight excluding hydrogens is 280 g/mol. The van der Waals surface area contributed by atoms with Gasteiger partial charge in [0.05, 0.1) is 31.4 Å². The minimum atomic E-state index is -0.462. The van der Waals surface area contributed by atoms with Crippen molar-refractivity contribution in [2.24, 2.45) is 0 Å². The fraction of sp³-hybridized carbons (Fsp3) is 0.429. The van der Waals surface area contributed by atoms with E-state index in [4.69, 9.17) is 26.3 Å². The first-order chi connectivity index (χ1) is 9.63. The zero-order valence-corrected chi connectivity index (χ0v) is 11.9. The molecule has 1 heterocycles. The molecule has 0 saturated carbocycles. The van der Waals surface area contributed by atoms with Crippen molar-refractivity contribution in [2.75, 3.05) is 33.4 Å². The summed E-state index contributed by atoms with van der Waals surface area (Å²) in [4.78, 5) is 14.1. The van der Waals surface area contributed by atoms with Gasteiger partial charge in [-0.1, -0.05) is 11.6 Å². The van der Waals surface area contributed by atoms with Gasteiger partial charge in [-0.2, -0.15) is 5.26 Å². The molecule has 1 aromatic carbocycles. The number of benzene rings is 1. The largest absolute Gasteiger partial charge is 0.495 e. The predicted octanol–water partition coefficient (Wildman–Crippen LogP) is 1.76. The van der Waals surface area contributed by atoms with E-state index in [0.717, 1.165) is 0 Å². The van der Waals surface area contributed by atoms with Crippen LogP contribution in [0, 0.1) is 11.3 Å². The standard InChI is InChI=1S/C14H15ClN2O3/c1-19-14-3-2-10(6-12(14)15)13(18)9-17-4-5-20-11(7-16)8-17/h2-3,6,11H,4-5,8-9H2,1H3. The van der Waals surface area contributed by atoms with Crippen molar-refractivity contribution in [2.45, 2.75) is 6.10 Å². The van der Waals surface area contributed by atoms with Crippen LogP contribution in [0.1, 0.15) is 10.4 Å². The summed E-state index contributed by atoms with van der Waals surface area (Å²) in [6.45, 7) is 1.82. The first-order valence-electron chi connectivity index (χ1n) is 6.24. The molecule has 5 nitrogen and oxygen atoms in total. The van der Waals surface area contributed by atoms with E-state index in [1.165, 1.54) is 7.11 Å². The Morgan fingerprint density at radius 2 is 2.45 bits per heavy atom. The minimum absolute atomic E-state index is 0.0341. The summed E-state index contributed by atoms with van der Waals surface area (Å²) in [7, 11) is 1.53. The molecule has 1 aliphatic heterocycles. The van der Waals surface area contributed by atoms with E-state index in [1.54, 1.807) is 18.2 Å². The summed E-state index contributed by atoms with van der Waals surface area (Å²) in [5.74, 6) is 0.507. The van der Waals surface area contributed by atoms with Gasteiger partial charge < -0.3 is 9.47 Å². The maximum absolute atomic E-state index is 12.2. The number of carbonyl (C=O) groups is 1. The van der Waals surface area contributed by atoms with Crippen LogP contribution in [-0.2, 0) is 4.74 Å². The number of ketones is 1. The number of hydrogen-bond acceptors (Lipinski definition) is 5. The fourth-order valence-electron chi connectivity index (χ4n) is 2.06. The van der Waals surface area contributed by atoms with Crippen LogP contribution in [-0.4, -0.2) is 50.1 Å². The van der Waals surface area contributed by atoms with Crippen molar-refractivity contribution in [3.63, 3.8) is 0 Å². The highest BCUT2D eigenvalue weighted by atomic mass is 35.5. The van der Waals surface area contributed by atoms with Gasteiger partial charge in [0.1, 0.15) is 5.75 Å². The zero-order valence-electron chi connectivity index (χ0n) is 11.1. The molecular formula is C14H15ClN2O3. The summed E-state index contributed by atoms with van der Waals surface area (Å²) in [5.41, 5.74) is 0.538. The molecule has 1 aromatic rings. The van der Waals surface area contributed by atoms with E-state index in [-0.39, 0.29) is 12.3 Å². The van der Waals surface area contributed by atoms with Crippen LogP contribution in [0.5, 0.6) is 5.75 Å². The van der Waals surface area contributed by atoms with Gasteiger partial charge in [-0.15, -0.1) is 0 Å². The summed E-state index contributed by atoms with van der Waals surface area (Å²) >= 11 is 6.01. The number of hydrogen-bond donors (Lipinski definition) is 0. The molecule has 0 bridgehead atoms. The fourth-order valence-corrected chi connectivity index (χ4v) is 2.32. The van der Waals surface area contributed by atoms with Crippen molar-refractivity contribution >= 4 is 17.4 Å². The maximum Gasteiger partial charge on any atom is 0.176 e. The van der Waals surface area contributed by atoms with Crippen molar-refractivity contribution in [3.8, 4) is 11.8 Å². The molecule has 1 aliphatic rings. The van der Waals surface area contributed by atoms with Gasteiger partial charge in [-0.25, -0.2) is 0 Å². The molecule has 0 aliphatic carbocycles. The van der Waals surface area contributed by atoms with Crippen LogP contribution < -0.4 is 4.74 Å². The average molecular weight is 295 g/mol. The number of ether oxygens (including phenoxy) is 2. The molecule has 1 fully saturated rings. The normalized spacial score (nSPS) is 19.4. The number of nitrogens with zero attached hydrogens (tertiary/aromatic N) is 2. The Kier molecular flexibility index (Phi) is 4.96. The van der Waals surface area contributed by atoms with Crippen molar-refractivity contribution in [3.05, 3.63) is 28.8 Å². The van der Waals surface area contributed by atoms with E-state index in [9.17, 15) is 4.79 Å². The van der Waals surface area contributed by atoms with Crippen LogP contribution in [0.15, 0.2) is 18.2 Å². The number of carbonyl (C=O) groups excluding carboxylic acids is 1. The summed E-state index contributed by atoms with van der Waals surface area (Å²) < 4.78 is 10.3. The van der Waals surface area contributed by atoms with E-state index >= 15 is 0 Å². The number of morpholine rings is 1. The third-order valence-corrected chi connectivity index (χ3v) is 3.43. The van der Waals surface area contributed by atoms with Crippen LogP contribution in [0.25, 0.3) is 0 Å². The molecule has 106 valence electrons. The lowest BCUT2D eigenvalue weighted by Gasteiger charge is -2.28. The van der Waals surface area contributed by atoms with Crippen molar-refractivity contribution in [1.29, 1.82) is 5.26 Å². The Labute approximate surface area is 122 Å². The monoisotopic (exact) mass is 294 g/mol. The van der Waals surface area contributed by atoms with Crippen LogP contribution in [0.3, 0.4) is 0 Å². The summed E-state index contributed by atoms with van der Waals surface area (Å²) in [5, 5.41) is 9.25. The highest BCUT2D eigenvalue weighted by molar-refractivity contribution is 6.32. The van der Waals surface area contributed by atoms with Crippen LogP contribution in [0.4, 0.5) is 0 Å². The average Bonchev–Trinajstić information content (AvgIpc) is 2.47. The van der Waals surface area contributed by atoms with Crippen LogP contribution in [0.2, 0.25) is 5.02 Å². The molecule has 0 spiro atoms. The third-order valence-electron chi connectivity index (χ3n) is 3.14. The Bertz CT molecular complexity index is 542. The first kappa shape index (κ1) is 14.8. The Morgan fingerprint density at radius 3 is 3.10 bits per heavy atom. The first-order valence-corrected chi connectivity index (χ1v) is 6.62. The quantitative estimate of drug-likeness (QED) is 0.792. The van der Waals surface area contributed by atoms with E-state index in [2.05, 4.69) is 6.07 Å². The molecule has 0 N–H and O–H groups in total. The number of nitriles is 1. The highest BCUT2D eigenvalue weighted by Crippen LogP contribution is 2.25. The van der Waals surface area contributed by atoms with E-state index < -0.39 is 6.10 Å². The topological polar surface area (TPSA) is 62.6 Å². The molecule has 0 radical (unpaired) electrons. The van der Waals surface area contributed by atoms with E-state index in [0.29, 0.717) is 36.0 Å². The summed E-state index contributed by atoms with van der Waals surface area (Å²) in [6.07, 6.45) is -0.462. The second-order valence-corrected chi connectivity index (χ2v) is 4.90. The molecule has 20 heavy (non-hydrogen) atoms. The lowest BCUT2D eigenvalue weighted by molar-refractivity contribution is 0.00241. The number of halogens is 1. The molecule has 1 atom stereocenters. The third kappa shape index (κ3) is 3.48. The molecule has 0 aromatic heterocycles. The SMILES string of the molecule is COc1ccc(C(=O)CN2CCOC(C#N)C2)cc1Cl. The maximum atomic E-state index is 12.2. The van der Waals surface area contributed by atoms with Crippen molar-refractivity contribution < 1.29 is 14.3 Å². The lowest BCUT2D eigenvalue weighted by atomic mass is 10.1. The minimum Gasteiger partial charge on any atom is -0.495 e. The van der Waals surface area contributed by atoms with Gasteiger partial charge in [-0.05, 0) is 18.2 Å². The van der Waals surface area contributed by atoms with Gasteiger partial charge >= 0.3 is 0 Å². The van der Waals surface area contributed by atoms with Gasteiger partial charge in [0.15, 0.2) is 11.9 Å². The smallest absolute Gasteiger partial charge is 0.176 e. The molecule has 1 saturated heterocycles. The molecule has 0 amide bonds. The Morgan fingerprint density at radius 1 is 1.65 bits per heavy atom. The van der Waals surface area contributed by atoms with E-state index in [1.807, 2.05) is 4.90 Å². The second-order valence-electron chi connectivity index (χ2n) is 4.50. The lowest BCUT2D eigenvalue weighted by Crippen LogP contribution is -2.44. The van der Waals surface area contributed by atoms with Gasteiger partial charge in [0.25, 0.3) is 0 Å². The predicted molar refractivity (Wildman–Crippen MR) is 74.1 cm³/mol. The number of rotatable bonds is 4. The van der Waals surface area contributed by atoms with Gasteiger partial charge in [-0.3, -0.25) is 9.69 Å². The highest BCUT2D eigenvalue weighted by Gasteiger charge is 2.22. The molecule has 2 rings (SSSR count). The number of methoxy groups -OCH3 is 1. The van der Waals surface area contributed by atoms with Gasteiger partial charge in [0.2, 0.25) is 0 Å². The van der Waals surface area contributed by atoms with Crippen molar-refractivity contribution in [1.82, 2.24) is 4.90 Å². The second kappa shape index (κ2) is 6.71. The number of Topliss-reactive ketones (excluding diaryl/α,β-unsaturated/α-hetero) is 1. The zero-order chi connectivity index (χ0) is 14.5. The summed E-state index contributed by atoms with van der Waals surface area (Å²) in [6, 6.07) is 7.02.